The van der Waals surface area contributed by atoms with Crippen molar-refractivity contribution in [2.45, 2.75) is 51.6 Å². The lowest BCUT2D eigenvalue weighted by Gasteiger charge is -2.35. The second-order valence-electron chi connectivity index (χ2n) is 5.25. The van der Waals surface area contributed by atoms with E-state index in [1.54, 1.807) is 6.07 Å². The maximum atomic E-state index is 13.1. The van der Waals surface area contributed by atoms with Crippen LogP contribution in [0.1, 0.15) is 56.3 Å². The van der Waals surface area contributed by atoms with Gasteiger partial charge in [-0.1, -0.05) is 19.8 Å². The van der Waals surface area contributed by atoms with Crippen molar-refractivity contribution in [3.8, 4) is 5.75 Å². The summed E-state index contributed by atoms with van der Waals surface area (Å²) >= 11 is 0. The zero-order valence-electron chi connectivity index (χ0n) is 11.0. The first-order chi connectivity index (χ1) is 8.54. The second kappa shape index (κ2) is 5.09. The summed E-state index contributed by atoms with van der Waals surface area (Å²) in [6.07, 6.45) is 4.54. The quantitative estimate of drug-likeness (QED) is 0.751. The predicted octanol–water partition coefficient (Wildman–Crippen LogP) is 4.13. The number of halogens is 1. The molecule has 1 unspecified atom stereocenters. The first-order valence-electron chi connectivity index (χ1n) is 6.56. The number of unbranched alkanes of at least 4 members (excludes halogenated alkanes) is 2. The zero-order chi connectivity index (χ0) is 13.2. The molecule has 1 atom stereocenters. The van der Waals surface area contributed by atoms with Gasteiger partial charge in [-0.05, 0) is 38.0 Å². The molecule has 1 aromatic carbocycles. The van der Waals surface area contributed by atoms with Gasteiger partial charge in [-0.25, -0.2) is 4.39 Å². The van der Waals surface area contributed by atoms with Crippen molar-refractivity contribution in [2.24, 2.45) is 0 Å². The number of fused-ring (bicyclic) bond motifs is 1. The van der Waals surface area contributed by atoms with E-state index in [0.29, 0.717) is 17.7 Å². The molecule has 1 aliphatic rings. The minimum Gasteiger partial charge on any atom is -0.486 e. The van der Waals surface area contributed by atoms with Crippen molar-refractivity contribution in [1.82, 2.24) is 0 Å². The number of carbonyl (C=O) groups excluding carboxylic acids is 1. The molecular formula is C15H19FO2. The molecule has 0 spiro atoms. The number of hydrogen-bond donors (Lipinski definition) is 0. The molecule has 0 amide bonds. The molecule has 0 N–H and O–H groups in total. The molecule has 1 aromatic rings. The molecular weight excluding hydrogens is 231 g/mol. The van der Waals surface area contributed by atoms with Crippen LogP contribution >= 0.6 is 0 Å². The molecule has 0 aromatic heterocycles. The SMILES string of the molecule is CCCCCC1(C)CC(=O)c2cc(F)ccc2O1. The van der Waals surface area contributed by atoms with Crippen molar-refractivity contribution < 1.29 is 13.9 Å². The van der Waals surface area contributed by atoms with Crippen LogP contribution in [-0.4, -0.2) is 11.4 Å². The number of ketones is 1. The van der Waals surface area contributed by atoms with Crippen molar-refractivity contribution in [3.05, 3.63) is 29.6 Å². The van der Waals surface area contributed by atoms with Crippen LogP contribution in [0.25, 0.3) is 0 Å². The molecule has 1 aliphatic heterocycles. The van der Waals surface area contributed by atoms with E-state index >= 15 is 0 Å². The van der Waals surface area contributed by atoms with Crippen LogP contribution in [0.5, 0.6) is 5.75 Å². The van der Waals surface area contributed by atoms with E-state index in [-0.39, 0.29) is 11.6 Å². The van der Waals surface area contributed by atoms with Crippen LogP contribution in [0, 0.1) is 5.82 Å². The van der Waals surface area contributed by atoms with Crippen LogP contribution in [0.4, 0.5) is 4.39 Å². The van der Waals surface area contributed by atoms with E-state index < -0.39 is 5.60 Å². The number of Topliss-reactive ketones (excluding diaryl/α,β-unsaturated/α-hetero) is 1. The minimum atomic E-state index is -0.433. The van der Waals surface area contributed by atoms with E-state index in [0.717, 1.165) is 25.7 Å². The number of benzene rings is 1. The fourth-order valence-corrected chi connectivity index (χ4v) is 2.43. The fourth-order valence-electron chi connectivity index (χ4n) is 2.43. The van der Waals surface area contributed by atoms with E-state index in [2.05, 4.69) is 6.92 Å². The van der Waals surface area contributed by atoms with Gasteiger partial charge in [-0.15, -0.1) is 0 Å². The average molecular weight is 250 g/mol. The van der Waals surface area contributed by atoms with Gasteiger partial charge >= 0.3 is 0 Å². The molecule has 3 heteroatoms. The summed E-state index contributed by atoms with van der Waals surface area (Å²) in [5, 5.41) is 0. The van der Waals surface area contributed by atoms with Gasteiger partial charge in [0.2, 0.25) is 0 Å². The molecule has 1 heterocycles. The van der Waals surface area contributed by atoms with Crippen LogP contribution in [0.3, 0.4) is 0 Å². The Morgan fingerprint density at radius 2 is 2.17 bits per heavy atom. The summed E-state index contributed by atoms with van der Waals surface area (Å²) in [4.78, 5) is 12.0. The van der Waals surface area contributed by atoms with Crippen LogP contribution in [0.2, 0.25) is 0 Å². The number of hydrogen-bond acceptors (Lipinski definition) is 2. The van der Waals surface area contributed by atoms with Crippen molar-refractivity contribution >= 4 is 5.78 Å². The Hall–Kier alpha value is -1.38. The maximum absolute atomic E-state index is 13.1. The highest BCUT2D eigenvalue weighted by Crippen LogP contribution is 2.36. The third kappa shape index (κ3) is 2.71. The third-order valence-corrected chi connectivity index (χ3v) is 3.44. The Morgan fingerprint density at radius 3 is 2.89 bits per heavy atom. The van der Waals surface area contributed by atoms with E-state index in [9.17, 15) is 9.18 Å². The van der Waals surface area contributed by atoms with E-state index in [4.69, 9.17) is 4.74 Å². The van der Waals surface area contributed by atoms with Gasteiger partial charge in [-0.3, -0.25) is 4.79 Å². The number of ether oxygens (including phenoxy) is 1. The predicted molar refractivity (Wildman–Crippen MR) is 68.5 cm³/mol. The number of carbonyl (C=O) groups is 1. The molecule has 18 heavy (non-hydrogen) atoms. The third-order valence-electron chi connectivity index (χ3n) is 3.44. The number of rotatable bonds is 4. The summed E-state index contributed by atoms with van der Waals surface area (Å²) in [5.74, 6) is 0.113. The van der Waals surface area contributed by atoms with Crippen molar-refractivity contribution in [1.29, 1.82) is 0 Å². The molecule has 0 bridgehead atoms. The standard InChI is InChI=1S/C15H19FO2/c1-3-4-5-8-15(2)10-13(17)12-9-11(16)6-7-14(12)18-15/h6-7,9H,3-5,8,10H2,1-2H3. The van der Waals surface area contributed by atoms with Crippen LogP contribution < -0.4 is 4.74 Å². The topological polar surface area (TPSA) is 26.3 Å². The lowest BCUT2D eigenvalue weighted by Crippen LogP contribution is -2.39. The highest BCUT2D eigenvalue weighted by atomic mass is 19.1. The van der Waals surface area contributed by atoms with Crippen molar-refractivity contribution in [3.63, 3.8) is 0 Å². The molecule has 0 aliphatic carbocycles. The largest absolute Gasteiger partial charge is 0.486 e. The van der Waals surface area contributed by atoms with Crippen LogP contribution in [0.15, 0.2) is 18.2 Å². The maximum Gasteiger partial charge on any atom is 0.170 e. The van der Waals surface area contributed by atoms with Gasteiger partial charge < -0.3 is 4.74 Å². The smallest absolute Gasteiger partial charge is 0.170 e. The Bertz CT molecular complexity index is 456. The van der Waals surface area contributed by atoms with Gasteiger partial charge in [0, 0.05) is 0 Å². The minimum absolute atomic E-state index is 0.0188. The molecule has 2 nitrogen and oxygen atoms in total. The summed E-state index contributed by atoms with van der Waals surface area (Å²) in [7, 11) is 0. The molecule has 0 radical (unpaired) electrons. The summed E-state index contributed by atoms with van der Waals surface area (Å²) < 4.78 is 19.0. The van der Waals surface area contributed by atoms with Crippen LogP contribution in [-0.2, 0) is 0 Å². The summed E-state index contributed by atoms with van der Waals surface area (Å²) in [5.41, 5.74) is -0.0557. The zero-order valence-corrected chi connectivity index (χ0v) is 11.0. The Balaban J connectivity index is 2.17. The monoisotopic (exact) mass is 250 g/mol. The van der Waals surface area contributed by atoms with Crippen molar-refractivity contribution in [2.75, 3.05) is 0 Å². The molecule has 2 rings (SSSR count). The average Bonchev–Trinajstić information content (AvgIpc) is 2.31. The van der Waals surface area contributed by atoms with Gasteiger partial charge in [0.05, 0.1) is 12.0 Å². The lowest BCUT2D eigenvalue weighted by molar-refractivity contribution is 0.0452. The lowest BCUT2D eigenvalue weighted by atomic mass is 9.87. The van der Waals surface area contributed by atoms with E-state index in [1.807, 2.05) is 6.92 Å². The van der Waals surface area contributed by atoms with E-state index in [1.165, 1.54) is 12.1 Å². The van der Waals surface area contributed by atoms with Gasteiger partial charge in [0.15, 0.2) is 5.78 Å². The normalized spacial score (nSPS) is 22.5. The van der Waals surface area contributed by atoms with Gasteiger partial charge in [0.1, 0.15) is 17.2 Å². The van der Waals surface area contributed by atoms with Gasteiger partial charge in [-0.2, -0.15) is 0 Å². The Labute approximate surface area is 107 Å². The molecule has 0 saturated heterocycles. The Morgan fingerprint density at radius 1 is 1.39 bits per heavy atom. The summed E-state index contributed by atoms with van der Waals surface area (Å²) in [6.45, 7) is 4.11. The first-order valence-corrected chi connectivity index (χ1v) is 6.56. The Kier molecular flexibility index (Phi) is 3.69. The summed E-state index contributed by atoms with van der Waals surface area (Å²) in [6, 6.07) is 4.16. The highest BCUT2D eigenvalue weighted by Gasteiger charge is 2.36. The fraction of sp³-hybridized carbons (Fsp3) is 0.533. The molecule has 98 valence electrons. The first kappa shape index (κ1) is 13.1. The molecule has 0 fully saturated rings. The molecule has 0 saturated carbocycles. The van der Waals surface area contributed by atoms with Gasteiger partial charge in [0.25, 0.3) is 0 Å². The second-order valence-corrected chi connectivity index (χ2v) is 5.25. The highest BCUT2D eigenvalue weighted by molar-refractivity contribution is 6.00.